The molecule has 5 nitrogen and oxygen atoms in total. The van der Waals surface area contributed by atoms with Gasteiger partial charge in [0.1, 0.15) is 0 Å². The summed E-state index contributed by atoms with van der Waals surface area (Å²) in [5.41, 5.74) is 8.37. The van der Waals surface area contributed by atoms with Gasteiger partial charge >= 0.3 is 0 Å². The van der Waals surface area contributed by atoms with Gasteiger partial charge in [0.05, 0.1) is 5.52 Å². The third-order valence-corrected chi connectivity index (χ3v) is 5.31. The van der Waals surface area contributed by atoms with Gasteiger partial charge in [-0.1, -0.05) is 6.07 Å². The molecule has 3 saturated heterocycles. The summed E-state index contributed by atoms with van der Waals surface area (Å²) in [6.45, 7) is 3.71. The van der Waals surface area contributed by atoms with Crippen LogP contribution in [-0.4, -0.2) is 40.6 Å². The van der Waals surface area contributed by atoms with E-state index in [0.717, 1.165) is 17.3 Å². The zero-order valence-electron chi connectivity index (χ0n) is 12.1. The Bertz CT molecular complexity index is 684. The number of nitrogens with zero attached hydrogens (tertiary/aromatic N) is 2. The van der Waals surface area contributed by atoms with E-state index in [4.69, 9.17) is 5.73 Å². The van der Waals surface area contributed by atoms with Gasteiger partial charge in [0, 0.05) is 5.39 Å². The molecule has 0 saturated carbocycles. The van der Waals surface area contributed by atoms with Gasteiger partial charge < -0.3 is 10.6 Å². The molecular formula is C16H20N4O. The van der Waals surface area contributed by atoms with Gasteiger partial charge in [0.25, 0.3) is 5.91 Å². The molecule has 1 amide bonds. The van der Waals surface area contributed by atoms with Crippen LogP contribution in [0.4, 0.5) is 0 Å². The van der Waals surface area contributed by atoms with Gasteiger partial charge in [-0.3, -0.25) is 9.89 Å². The number of piperidine rings is 3. The van der Waals surface area contributed by atoms with Crippen LogP contribution in [0.15, 0.2) is 18.2 Å². The number of aromatic amines is 1. The number of aromatic nitrogens is 2. The lowest BCUT2D eigenvalue weighted by molar-refractivity contribution is 0.0266. The lowest BCUT2D eigenvalue weighted by Crippen LogP contribution is -2.49. The first-order valence-electron chi connectivity index (χ1n) is 7.64. The topological polar surface area (TPSA) is 75.0 Å². The highest BCUT2D eigenvalue weighted by Gasteiger charge is 2.39. The van der Waals surface area contributed by atoms with Crippen molar-refractivity contribution in [2.75, 3.05) is 19.6 Å². The van der Waals surface area contributed by atoms with Crippen molar-refractivity contribution in [3.8, 4) is 0 Å². The third-order valence-electron chi connectivity index (χ3n) is 5.31. The van der Waals surface area contributed by atoms with E-state index in [9.17, 15) is 4.79 Å². The van der Waals surface area contributed by atoms with E-state index >= 15 is 0 Å². The van der Waals surface area contributed by atoms with Gasteiger partial charge in [-0.25, -0.2) is 0 Å². The number of nitrogens with two attached hydrogens (primary N) is 1. The summed E-state index contributed by atoms with van der Waals surface area (Å²) in [4.78, 5) is 14.0. The minimum absolute atomic E-state index is 0.350. The predicted octanol–water partition coefficient (Wildman–Crippen LogP) is 1.69. The van der Waals surface area contributed by atoms with Crippen molar-refractivity contribution in [1.82, 2.24) is 15.1 Å². The summed E-state index contributed by atoms with van der Waals surface area (Å²) in [7, 11) is 0. The number of rotatable bonds is 3. The quantitative estimate of drug-likeness (QED) is 0.900. The second kappa shape index (κ2) is 4.56. The predicted molar refractivity (Wildman–Crippen MR) is 81.0 cm³/mol. The summed E-state index contributed by atoms with van der Waals surface area (Å²) < 4.78 is 0. The van der Waals surface area contributed by atoms with Crippen molar-refractivity contribution < 1.29 is 4.79 Å². The molecule has 4 heterocycles. The lowest BCUT2D eigenvalue weighted by Gasteiger charge is -2.48. The largest absolute Gasteiger partial charge is 0.364 e. The van der Waals surface area contributed by atoms with E-state index in [1.165, 1.54) is 44.5 Å². The van der Waals surface area contributed by atoms with E-state index in [-0.39, 0.29) is 0 Å². The minimum atomic E-state index is -0.470. The Labute approximate surface area is 123 Å². The summed E-state index contributed by atoms with van der Waals surface area (Å²) in [5, 5.41) is 7.75. The molecule has 5 heteroatoms. The average molecular weight is 284 g/mol. The molecule has 5 rings (SSSR count). The second-order valence-electron chi connectivity index (χ2n) is 6.58. The monoisotopic (exact) mass is 284 g/mol. The number of amides is 1. The standard InChI is InChI=1S/C16H20N4O/c17-15(21)14-12-9-11(1-2-13(12)18-19-14)10-16-3-6-20(7-4-16)8-5-16/h1-2,9H,3-8,10H2,(H2,17,21)(H,18,19). The van der Waals surface area contributed by atoms with E-state index in [0.29, 0.717) is 11.1 Å². The number of hydrogen-bond acceptors (Lipinski definition) is 3. The maximum atomic E-state index is 11.4. The summed E-state index contributed by atoms with van der Waals surface area (Å²) in [5.74, 6) is -0.470. The molecule has 3 aliphatic heterocycles. The fourth-order valence-electron chi connectivity index (χ4n) is 3.95. The van der Waals surface area contributed by atoms with Gasteiger partial charge in [0.2, 0.25) is 0 Å². The zero-order chi connectivity index (χ0) is 14.4. The van der Waals surface area contributed by atoms with Crippen molar-refractivity contribution in [2.24, 2.45) is 11.1 Å². The Morgan fingerprint density at radius 2 is 2.00 bits per heavy atom. The van der Waals surface area contributed by atoms with E-state index < -0.39 is 5.91 Å². The molecule has 3 fully saturated rings. The Morgan fingerprint density at radius 3 is 2.67 bits per heavy atom. The normalized spacial score (nSPS) is 28.1. The van der Waals surface area contributed by atoms with Crippen LogP contribution in [0.5, 0.6) is 0 Å². The number of carbonyl (C=O) groups is 1. The average Bonchev–Trinajstić information content (AvgIpc) is 2.92. The fourth-order valence-corrected chi connectivity index (χ4v) is 3.95. The summed E-state index contributed by atoms with van der Waals surface area (Å²) in [6.07, 6.45) is 4.97. The smallest absolute Gasteiger partial charge is 0.269 e. The molecule has 1 aromatic heterocycles. The molecule has 1 aromatic carbocycles. The molecule has 0 atom stereocenters. The van der Waals surface area contributed by atoms with Crippen LogP contribution < -0.4 is 5.73 Å². The third kappa shape index (κ3) is 2.12. The Kier molecular flexibility index (Phi) is 2.79. The van der Waals surface area contributed by atoms with Crippen molar-refractivity contribution >= 4 is 16.8 Å². The van der Waals surface area contributed by atoms with Crippen molar-refractivity contribution in [3.63, 3.8) is 0 Å². The number of H-pyrrole nitrogens is 1. The first kappa shape index (κ1) is 12.8. The molecular weight excluding hydrogens is 264 g/mol. The van der Waals surface area contributed by atoms with Crippen LogP contribution in [0.1, 0.15) is 35.3 Å². The van der Waals surface area contributed by atoms with Gasteiger partial charge in [-0.05, 0) is 68.4 Å². The fraction of sp³-hybridized carbons (Fsp3) is 0.500. The van der Waals surface area contributed by atoms with Crippen LogP contribution in [0.3, 0.4) is 0 Å². The van der Waals surface area contributed by atoms with E-state index in [1.54, 1.807) is 0 Å². The maximum absolute atomic E-state index is 11.4. The highest BCUT2D eigenvalue weighted by molar-refractivity contribution is 6.03. The number of benzene rings is 1. The van der Waals surface area contributed by atoms with Gasteiger partial charge in [-0.15, -0.1) is 0 Å². The van der Waals surface area contributed by atoms with Gasteiger partial charge in [-0.2, -0.15) is 5.10 Å². The van der Waals surface area contributed by atoms with Crippen LogP contribution in [0.2, 0.25) is 0 Å². The van der Waals surface area contributed by atoms with Crippen molar-refractivity contribution in [2.45, 2.75) is 25.7 Å². The number of carbonyl (C=O) groups excluding carboxylic acids is 1. The Balaban J connectivity index is 1.67. The SMILES string of the molecule is NC(=O)c1n[nH]c2ccc(CC34CCN(CC3)CC4)cc12. The molecule has 2 aromatic rings. The maximum Gasteiger partial charge on any atom is 0.269 e. The number of nitrogens with one attached hydrogen (secondary N) is 1. The van der Waals surface area contributed by atoms with E-state index in [1.807, 2.05) is 6.07 Å². The van der Waals surface area contributed by atoms with Gasteiger partial charge in [0.15, 0.2) is 5.69 Å². The van der Waals surface area contributed by atoms with Crippen LogP contribution in [0, 0.1) is 5.41 Å². The Hall–Kier alpha value is -1.88. The summed E-state index contributed by atoms with van der Waals surface area (Å²) in [6, 6.07) is 6.26. The molecule has 110 valence electrons. The highest BCUT2D eigenvalue weighted by Crippen LogP contribution is 2.42. The minimum Gasteiger partial charge on any atom is -0.364 e. The second-order valence-corrected chi connectivity index (χ2v) is 6.58. The van der Waals surface area contributed by atoms with Crippen LogP contribution in [0.25, 0.3) is 10.9 Å². The number of hydrogen-bond donors (Lipinski definition) is 2. The van der Waals surface area contributed by atoms with E-state index in [2.05, 4.69) is 27.2 Å². The summed E-state index contributed by atoms with van der Waals surface area (Å²) >= 11 is 0. The molecule has 0 radical (unpaired) electrons. The molecule has 0 spiro atoms. The van der Waals surface area contributed by atoms with Crippen LogP contribution in [-0.2, 0) is 6.42 Å². The van der Waals surface area contributed by atoms with Crippen molar-refractivity contribution in [3.05, 3.63) is 29.5 Å². The number of primary amides is 1. The molecule has 21 heavy (non-hydrogen) atoms. The first-order valence-corrected chi connectivity index (χ1v) is 7.64. The molecule has 0 unspecified atom stereocenters. The molecule has 3 N–H and O–H groups in total. The molecule has 2 bridgehead atoms. The first-order chi connectivity index (χ1) is 10.2. The molecule has 0 aliphatic carbocycles. The highest BCUT2D eigenvalue weighted by atomic mass is 16.1. The molecule has 3 aliphatic rings. The van der Waals surface area contributed by atoms with Crippen LogP contribution >= 0.6 is 0 Å². The van der Waals surface area contributed by atoms with Crippen molar-refractivity contribution in [1.29, 1.82) is 0 Å². The Morgan fingerprint density at radius 1 is 1.29 bits per heavy atom. The zero-order valence-corrected chi connectivity index (χ0v) is 12.1. The lowest BCUT2D eigenvalue weighted by atomic mass is 9.68. The number of fused-ring (bicyclic) bond motifs is 4.